The summed E-state index contributed by atoms with van der Waals surface area (Å²) in [7, 11) is 0. The Morgan fingerprint density at radius 1 is 1.04 bits per heavy atom. The molecule has 1 fully saturated rings. The van der Waals surface area contributed by atoms with Crippen molar-refractivity contribution in [3.63, 3.8) is 0 Å². The van der Waals surface area contributed by atoms with Gasteiger partial charge >= 0.3 is 0 Å². The molecule has 0 bridgehead atoms. The van der Waals surface area contributed by atoms with Gasteiger partial charge in [0.05, 0.1) is 12.1 Å². The predicted octanol–water partition coefficient (Wildman–Crippen LogP) is 2.80. The molecule has 5 heteroatoms. The molecule has 1 aliphatic rings. The number of carbonyl (C=O) groups excluding carboxylic acids is 3. The van der Waals surface area contributed by atoms with Gasteiger partial charge in [-0.15, -0.1) is 0 Å². The van der Waals surface area contributed by atoms with Crippen LogP contribution in [0.25, 0.3) is 0 Å². The van der Waals surface area contributed by atoms with Crippen molar-refractivity contribution < 1.29 is 14.4 Å². The second-order valence-electron chi connectivity index (χ2n) is 6.30. The van der Waals surface area contributed by atoms with Crippen LogP contribution in [0.5, 0.6) is 0 Å². The highest BCUT2D eigenvalue weighted by molar-refractivity contribution is 6.23. The standard InChI is InChI=1S/C21H22N2O3/c1-2-19(24)22(14-13-16-9-5-3-6-10-16)18-15-20(25)23(21(18)26)17-11-7-4-8-12-17/h3-12,18H,2,13-15H2,1H3. The Balaban J connectivity index is 1.79. The fourth-order valence-corrected chi connectivity index (χ4v) is 3.26. The number of hydrogen-bond donors (Lipinski definition) is 0. The minimum Gasteiger partial charge on any atom is -0.330 e. The number of nitrogens with zero attached hydrogens (tertiary/aromatic N) is 2. The van der Waals surface area contributed by atoms with E-state index in [0.717, 1.165) is 5.56 Å². The lowest BCUT2D eigenvalue weighted by atomic mass is 10.1. The first-order chi connectivity index (χ1) is 12.6. The molecule has 1 heterocycles. The molecule has 0 aliphatic carbocycles. The van der Waals surface area contributed by atoms with E-state index in [-0.39, 0.29) is 24.1 Å². The highest BCUT2D eigenvalue weighted by Crippen LogP contribution is 2.26. The maximum absolute atomic E-state index is 12.9. The van der Waals surface area contributed by atoms with Crippen molar-refractivity contribution in [2.24, 2.45) is 0 Å². The summed E-state index contributed by atoms with van der Waals surface area (Å²) in [6, 6.07) is 18.0. The molecule has 3 amide bonds. The molecule has 26 heavy (non-hydrogen) atoms. The fourth-order valence-electron chi connectivity index (χ4n) is 3.26. The lowest BCUT2D eigenvalue weighted by molar-refractivity contribution is -0.138. The molecule has 1 atom stereocenters. The molecule has 0 spiro atoms. The molecule has 134 valence electrons. The number of rotatable bonds is 6. The average Bonchev–Trinajstić information content (AvgIpc) is 2.97. The van der Waals surface area contributed by atoms with E-state index >= 15 is 0 Å². The molecule has 3 rings (SSSR count). The monoisotopic (exact) mass is 350 g/mol. The van der Waals surface area contributed by atoms with E-state index in [1.165, 1.54) is 4.90 Å². The van der Waals surface area contributed by atoms with Crippen molar-refractivity contribution >= 4 is 23.4 Å². The van der Waals surface area contributed by atoms with E-state index in [4.69, 9.17) is 0 Å². The maximum Gasteiger partial charge on any atom is 0.257 e. The van der Waals surface area contributed by atoms with Crippen molar-refractivity contribution in [1.82, 2.24) is 4.90 Å². The Bertz CT molecular complexity index is 789. The van der Waals surface area contributed by atoms with Crippen LogP contribution in [0.1, 0.15) is 25.3 Å². The first kappa shape index (κ1) is 17.9. The summed E-state index contributed by atoms with van der Waals surface area (Å²) >= 11 is 0. The van der Waals surface area contributed by atoms with Gasteiger partial charge in [-0.1, -0.05) is 55.5 Å². The zero-order valence-corrected chi connectivity index (χ0v) is 14.8. The number of benzene rings is 2. The van der Waals surface area contributed by atoms with Crippen LogP contribution >= 0.6 is 0 Å². The Morgan fingerprint density at radius 2 is 1.65 bits per heavy atom. The van der Waals surface area contributed by atoms with Crippen molar-refractivity contribution in [3.05, 3.63) is 66.2 Å². The predicted molar refractivity (Wildman–Crippen MR) is 99.5 cm³/mol. The van der Waals surface area contributed by atoms with E-state index in [1.54, 1.807) is 36.1 Å². The molecule has 2 aromatic carbocycles. The van der Waals surface area contributed by atoms with Crippen LogP contribution in [0.4, 0.5) is 5.69 Å². The first-order valence-electron chi connectivity index (χ1n) is 8.87. The summed E-state index contributed by atoms with van der Waals surface area (Å²) < 4.78 is 0. The van der Waals surface area contributed by atoms with Gasteiger partial charge in [0.15, 0.2) is 0 Å². The normalized spacial score (nSPS) is 16.8. The van der Waals surface area contributed by atoms with Gasteiger partial charge < -0.3 is 4.90 Å². The molecule has 5 nitrogen and oxygen atoms in total. The topological polar surface area (TPSA) is 57.7 Å². The summed E-state index contributed by atoms with van der Waals surface area (Å²) in [5.41, 5.74) is 1.65. The molecule has 1 unspecified atom stereocenters. The smallest absolute Gasteiger partial charge is 0.257 e. The third-order valence-corrected chi connectivity index (χ3v) is 4.62. The lowest BCUT2D eigenvalue weighted by Gasteiger charge is -2.27. The van der Waals surface area contributed by atoms with Crippen LogP contribution in [0.2, 0.25) is 0 Å². The van der Waals surface area contributed by atoms with Crippen molar-refractivity contribution in [2.45, 2.75) is 32.2 Å². The summed E-state index contributed by atoms with van der Waals surface area (Å²) in [6.45, 7) is 2.19. The third-order valence-electron chi connectivity index (χ3n) is 4.62. The van der Waals surface area contributed by atoms with E-state index in [9.17, 15) is 14.4 Å². The molecule has 0 radical (unpaired) electrons. The molecule has 0 saturated carbocycles. The Kier molecular flexibility index (Phi) is 5.46. The SMILES string of the molecule is CCC(=O)N(CCc1ccccc1)C1CC(=O)N(c2ccccc2)C1=O. The van der Waals surface area contributed by atoms with Crippen LogP contribution in [0.3, 0.4) is 0 Å². The number of carbonyl (C=O) groups is 3. The highest BCUT2D eigenvalue weighted by Gasteiger charge is 2.43. The minimum atomic E-state index is -0.723. The summed E-state index contributed by atoms with van der Waals surface area (Å²) in [6.07, 6.45) is 0.988. The van der Waals surface area contributed by atoms with E-state index < -0.39 is 6.04 Å². The van der Waals surface area contributed by atoms with E-state index in [0.29, 0.717) is 25.1 Å². The molecule has 1 aliphatic heterocycles. The van der Waals surface area contributed by atoms with E-state index in [2.05, 4.69) is 0 Å². The third kappa shape index (κ3) is 3.67. The molecule has 2 aromatic rings. The van der Waals surface area contributed by atoms with Gasteiger partial charge in [0.25, 0.3) is 5.91 Å². The second kappa shape index (κ2) is 7.95. The van der Waals surface area contributed by atoms with Crippen LogP contribution in [-0.2, 0) is 20.8 Å². The Hall–Kier alpha value is -2.95. The van der Waals surface area contributed by atoms with Gasteiger partial charge in [-0.25, -0.2) is 4.90 Å². The van der Waals surface area contributed by atoms with Gasteiger partial charge in [0.1, 0.15) is 6.04 Å². The lowest BCUT2D eigenvalue weighted by Crippen LogP contribution is -2.46. The average molecular weight is 350 g/mol. The van der Waals surface area contributed by atoms with Crippen molar-refractivity contribution in [3.8, 4) is 0 Å². The molecule has 0 N–H and O–H groups in total. The first-order valence-corrected chi connectivity index (χ1v) is 8.87. The van der Waals surface area contributed by atoms with Crippen LogP contribution in [0, 0.1) is 0 Å². The summed E-state index contributed by atoms with van der Waals surface area (Å²) in [5.74, 6) is -0.696. The number of hydrogen-bond acceptors (Lipinski definition) is 3. The van der Waals surface area contributed by atoms with Gasteiger partial charge in [-0.2, -0.15) is 0 Å². The van der Waals surface area contributed by atoms with Crippen LogP contribution < -0.4 is 4.90 Å². The number of anilines is 1. The largest absolute Gasteiger partial charge is 0.330 e. The zero-order valence-electron chi connectivity index (χ0n) is 14.8. The maximum atomic E-state index is 12.9. The Morgan fingerprint density at radius 3 is 2.27 bits per heavy atom. The number of amides is 3. The highest BCUT2D eigenvalue weighted by atomic mass is 16.2. The second-order valence-corrected chi connectivity index (χ2v) is 6.30. The van der Waals surface area contributed by atoms with Gasteiger partial charge in [-0.3, -0.25) is 14.4 Å². The molecular weight excluding hydrogens is 328 g/mol. The number of para-hydroxylation sites is 1. The number of imide groups is 1. The zero-order chi connectivity index (χ0) is 18.5. The van der Waals surface area contributed by atoms with Crippen LogP contribution in [-0.4, -0.2) is 35.2 Å². The van der Waals surface area contributed by atoms with E-state index in [1.807, 2.05) is 36.4 Å². The van der Waals surface area contributed by atoms with Gasteiger partial charge in [0, 0.05) is 13.0 Å². The molecule has 1 saturated heterocycles. The van der Waals surface area contributed by atoms with Crippen molar-refractivity contribution in [2.75, 3.05) is 11.4 Å². The molecular formula is C21H22N2O3. The van der Waals surface area contributed by atoms with Gasteiger partial charge in [0.2, 0.25) is 11.8 Å². The summed E-state index contributed by atoms with van der Waals surface area (Å²) in [4.78, 5) is 40.6. The quantitative estimate of drug-likeness (QED) is 0.753. The van der Waals surface area contributed by atoms with Gasteiger partial charge in [-0.05, 0) is 24.1 Å². The van der Waals surface area contributed by atoms with Crippen molar-refractivity contribution in [1.29, 1.82) is 0 Å². The minimum absolute atomic E-state index is 0.0360. The van der Waals surface area contributed by atoms with Crippen LogP contribution in [0.15, 0.2) is 60.7 Å². The fraction of sp³-hybridized carbons (Fsp3) is 0.286. The molecule has 0 aromatic heterocycles. The Labute approximate surface area is 153 Å². The summed E-state index contributed by atoms with van der Waals surface area (Å²) in [5, 5.41) is 0.